The van der Waals surface area contributed by atoms with E-state index >= 15 is 0 Å². The molecule has 0 rings (SSSR count). The van der Waals surface area contributed by atoms with Gasteiger partial charge in [-0.05, 0) is 5.57 Å². The quantitative estimate of drug-likeness (QED) is 0.441. The molecule has 0 unspecified atom stereocenters. The highest BCUT2D eigenvalue weighted by molar-refractivity contribution is 5.47. The molecule has 0 saturated heterocycles. The standard InChI is InChI=1S/C6H8FNO/c1-2-6(3-7)4-8-5-9/h2-3,5H,1,4H2,(H,8,9)/b6-3-. The molecule has 0 heterocycles. The Morgan fingerprint density at radius 1 is 1.78 bits per heavy atom. The molecule has 0 fully saturated rings. The Morgan fingerprint density at radius 2 is 2.44 bits per heavy atom. The van der Waals surface area contributed by atoms with E-state index in [1.165, 1.54) is 6.08 Å². The smallest absolute Gasteiger partial charge is 0.207 e. The van der Waals surface area contributed by atoms with Crippen molar-refractivity contribution in [2.45, 2.75) is 0 Å². The molecule has 9 heavy (non-hydrogen) atoms. The monoisotopic (exact) mass is 129 g/mol. The summed E-state index contributed by atoms with van der Waals surface area (Å²) >= 11 is 0. The number of halogens is 1. The van der Waals surface area contributed by atoms with E-state index in [0.29, 0.717) is 18.3 Å². The van der Waals surface area contributed by atoms with Crippen molar-refractivity contribution in [2.24, 2.45) is 0 Å². The summed E-state index contributed by atoms with van der Waals surface area (Å²) in [6, 6.07) is 0. The molecule has 2 nitrogen and oxygen atoms in total. The predicted octanol–water partition coefficient (Wildman–Crippen LogP) is 0.772. The zero-order valence-corrected chi connectivity index (χ0v) is 4.93. The molecule has 0 aromatic carbocycles. The third-order valence-electron chi connectivity index (χ3n) is 0.792. The first kappa shape index (κ1) is 7.88. The largest absolute Gasteiger partial charge is 0.355 e. The lowest BCUT2D eigenvalue weighted by Gasteiger charge is -1.94. The summed E-state index contributed by atoms with van der Waals surface area (Å²) in [4.78, 5) is 9.65. The van der Waals surface area contributed by atoms with E-state index < -0.39 is 0 Å². The van der Waals surface area contributed by atoms with Gasteiger partial charge in [0.1, 0.15) is 0 Å². The molecule has 1 N–H and O–H groups in total. The molecule has 0 aliphatic rings. The predicted molar refractivity (Wildman–Crippen MR) is 33.5 cm³/mol. The molecule has 0 aliphatic heterocycles. The SMILES string of the molecule is C=C/C(=C/F)CNC=O. The molecular formula is C6H8FNO. The molecule has 0 radical (unpaired) electrons. The molecule has 0 saturated carbocycles. The molecule has 0 atom stereocenters. The van der Waals surface area contributed by atoms with Gasteiger partial charge in [-0.25, -0.2) is 4.39 Å². The molecule has 0 aliphatic carbocycles. The molecule has 0 spiro atoms. The van der Waals surface area contributed by atoms with E-state index in [0.717, 1.165) is 0 Å². The third kappa shape index (κ3) is 3.46. The summed E-state index contributed by atoms with van der Waals surface area (Å²) in [7, 11) is 0. The van der Waals surface area contributed by atoms with Gasteiger partial charge in [-0.15, -0.1) is 0 Å². The van der Waals surface area contributed by atoms with Crippen molar-refractivity contribution in [1.82, 2.24) is 5.32 Å². The maximum Gasteiger partial charge on any atom is 0.207 e. The fraction of sp³-hybridized carbons (Fsp3) is 0.167. The number of nitrogens with one attached hydrogen (secondary N) is 1. The van der Waals surface area contributed by atoms with Crippen LogP contribution in [0, 0.1) is 0 Å². The second-order valence-electron chi connectivity index (χ2n) is 1.39. The first-order valence-electron chi connectivity index (χ1n) is 2.44. The van der Waals surface area contributed by atoms with Crippen LogP contribution in [0.3, 0.4) is 0 Å². The van der Waals surface area contributed by atoms with Crippen molar-refractivity contribution in [3.8, 4) is 0 Å². The molecule has 50 valence electrons. The van der Waals surface area contributed by atoms with Crippen LogP contribution >= 0.6 is 0 Å². The average molecular weight is 129 g/mol. The summed E-state index contributed by atoms with van der Waals surface area (Å²) in [5.74, 6) is 0. The summed E-state index contributed by atoms with van der Waals surface area (Å²) in [6.07, 6.45) is 2.26. The summed E-state index contributed by atoms with van der Waals surface area (Å²) in [6.45, 7) is 3.52. The van der Waals surface area contributed by atoms with Gasteiger partial charge in [0.05, 0.1) is 6.33 Å². The molecule has 0 aromatic rings. The fourth-order valence-corrected chi connectivity index (χ4v) is 0.315. The Bertz CT molecular complexity index is 131. The zero-order valence-electron chi connectivity index (χ0n) is 4.93. The van der Waals surface area contributed by atoms with Crippen LogP contribution in [0.1, 0.15) is 0 Å². The van der Waals surface area contributed by atoms with Crippen LogP contribution in [0.25, 0.3) is 0 Å². The van der Waals surface area contributed by atoms with E-state index in [1.807, 2.05) is 0 Å². The van der Waals surface area contributed by atoms with Crippen LogP contribution in [0.4, 0.5) is 4.39 Å². The van der Waals surface area contributed by atoms with Gasteiger partial charge in [-0.1, -0.05) is 12.7 Å². The van der Waals surface area contributed by atoms with Crippen molar-refractivity contribution in [2.75, 3.05) is 6.54 Å². The van der Waals surface area contributed by atoms with Crippen LogP contribution in [0.15, 0.2) is 24.6 Å². The van der Waals surface area contributed by atoms with E-state index in [2.05, 4.69) is 11.9 Å². The Balaban J connectivity index is 3.57. The fourth-order valence-electron chi connectivity index (χ4n) is 0.315. The first-order valence-corrected chi connectivity index (χ1v) is 2.44. The number of hydrogen-bond acceptors (Lipinski definition) is 1. The minimum Gasteiger partial charge on any atom is -0.355 e. The van der Waals surface area contributed by atoms with Crippen LogP contribution in [0.2, 0.25) is 0 Å². The number of carbonyl (C=O) groups is 1. The van der Waals surface area contributed by atoms with E-state index in [-0.39, 0.29) is 6.54 Å². The van der Waals surface area contributed by atoms with Crippen molar-refractivity contribution in [3.05, 3.63) is 24.6 Å². The molecule has 0 bridgehead atoms. The summed E-state index contributed by atoms with van der Waals surface area (Å²) in [5.41, 5.74) is 0.363. The third-order valence-corrected chi connectivity index (χ3v) is 0.792. The highest BCUT2D eigenvalue weighted by Crippen LogP contribution is 1.91. The number of amides is 1. The van der Waals surface area contributed by atoms with Crippen LogP contribution in [-0.2, 0) is 4.79 Å². The first-order chi connectivity index (χ1) is 4.35. The van der Waals surface area contributed by atoms with Gasteiger partial charge in [0, 0.05) is 6.54 Å². The van der Waals surface area contributed by atoms with Crippen LogP contribution in [-0.4, -0.2) is 13.0 Å². The molecule has 0 aromatic heterocycles. The topological polar surface area (TPSA) is 29.1 Å². The minimum absolute atomic E-state index is 0.198. The maximum atomic E-state index is 11.6. The second-order valence-corrected chi connectivity index (χ2v) is 1.39. The lowest BCUT2D eigenvalue weighted by atomic mass is 10.3. The molecule has 3 heteroatoms. The van der Waals surface area contributed by atoms with Gasteiger partial charge >= 0.3 is 0 Å². The number of rotatable bonds is 4. The Hall–Kier alpha value is -1.12. The second kappa shape index (κ2) is 5.03. The van der Waals surface area contributed by atoms with E-state index in [9.17, 15) is 9.18 Å². The van der Waals surface area contributed by atoms with Gasteiger partial charge in [0.2, 0.25) is 6.41 Å². The Morgan fingerprint density at radius 3 is 2.78 bits per heavy atom. The lowest BCUT2D eigenvalue weighted by molar-refractivity contribution is -0.109. The Labute approximate surface area is 53.1 Å². The number of carbonyl (C=O) groups excluding carboxylic acids is 1. The van der Waals surface area contributed by atoms with E-state index in [4.69, 9.17) is 0 Å². The normalized spacial score (nSPS) is 10.6. The van der Waals surface area contributed by atoms with E-state index in [1.54, 1.807) is 0 Å². The van der Waals surface area contributed by atoms with Crippen molar-refractivity contribution in [3.63, 3.8) is 0 Å². The highest BCUT2D eigenvalue weighted by atomic mass is 19.1. The van der Waals surface area contributed by atoms with Gasteiger partial charge < -0.3 is 5.32 Å². The Kier molecular flexibility index (Phi) is 4.40. The highest BCUT2D eigenvalue weighted by Gasteiger charge is 1.86. The van der Waals surface area contributed by atoms with Crippen molar-refractivity contribution < 1.29 is 9.18 Å². The lowest BCUT2D eigenvalue weighted by Crippen LogP contribution is -2.12. The molecule has 1 amide bonds. The van der Waals surface area contributed by atoms with Crippen LogP contribution < -0.4 is 5.32 Å². The minimum atomic E-state index is 0.198. The van der Waals surface area contributed by atoms with Crippen LogP contribution in [0.5, 0.6) is 0 Å². The summed E-state index contributed by atoms with van der Waals surface area (Å²) in [5, 5.41) is 2.29. The van der Waals surface area contributed by atoms with Crippen molar-refractivity contribution >= 4 is 6.41 Å². The van der Waals surface area contributed by atoms with Crippen molar-refractivity contribution in [1.29, 1.82) is 0 Å². The average Bonchev–Trinajstić information content (AvgIpc) is 1.91. The zero-order chi connectivity index (χ0) is 7.11. The number of hydrogen-bond donors (Lipinski definition) is 1. The van der Waals surface area contributed by atoms with Gasteiger partial charge in [-0.2, -0.15) is 0 Å². The maximum absolute atomic E-state index is 11.6. The van der Waals surface area contributed by atoms with Gasteiger partial charge in [0.15, 0.2) is 0 Å². The molecular weight excluding hydrogens is 121 g/mol. The van der Waals surface area contributed by atoms with Gasteiger partial charge in [0.25, 0.3) is 0 Å². The van der Waals surface area contributed by atoms with Gasteiger partial charge in [-0.3, -0.25) is 4.79 Å². The summed E-state index contributed by atoms with van der Waals surface area (Å²) < 4.78 is 11.6.